The van der Waals surface area contributed by atoms with Crippen LogP contribution in [0.1, 0.15) is 29.0 Å². The second-order valence-corrected chi connectivity index (χ2v) is 4.68. The molecule has 0 N–H and O–H groups in total. The van der Waals surface area contributed by atoms with Crippen LogP contribution in [0.5, 0.6) is 0 Å². The average molecular weight is 250 g/mol. The molecule has 0 aliphatic heterocycles. The molecule has 0 radical (unpaired) electrons. The van der Waals surface area contributed by atoms with Gasteiger partial charge in [0.1, 0.15) is 0 Å². The zero-order chi connectivity index (χ0) is 13.1. The molecule has 0 unspecified atom stereocenters. The Bertz CT molecular complexity index is 636. The maximum absolute atomic E-state index is 12.4. The van der Waals surface area contributed by atoms with Crippen LogP contribution in [0.2, 0.25) is 0 Å². The van der Waals surface area contributed by atoms with Crippen molar-refractivity contribution in [2.24, 2.45) is 0 Å². The van der Waals surface area contributed by atoms with Crippen molar-refractivity contribution >= 4 is 5.78 Å². The van der Waals surface area contributed by atoms with Crippen molar-refractivity contribution < 1.29 is 9.21 Å². The molecule has 0 atom stereocenters. The van der Waals surface area contributed by atoms with Gasteiger partial charge in [-0.05, 0) is 36.1 Å². The molecule has 1 aromatic heterocycles. The molecule has 1 fully saturated rings. The van der Waals surface area contributed by atoms with E-state index in [4.69, 9.17) is 4.42 Å². The van der Waals surface area contributed by atoms with Crippen LogP contribution in [0.4, 0.5) is 0 Å². The highest BCUT2D eigenvalue weighted by Crippen LogP contribution is 2.27. The van der Waals surface area contributed by atoms with Crippen LogP contribution in [0.3, 0.4) is 0 Å². The zero-order valence-corrected chi connectivity index (χ0v) is 10.6. The standard InChI is InChI=1S/C17H14O2/c18-17(16-7-4-10-19-16)15(12-14-8-9-14)11-13-5-2-1-3-6-13/h1-7,10H,8-9,11H2. The fourth-order valence-electron chi connectivity index (χ4n) is 1.94. The first kappa shape index (κ1) is 11.8. The molecular formula is C17H14O2. The summed E-state index contributed by atoms with van der Waals surface area (Å²) in [6, 6.07) is 13.4. The summed E-state index contributed by atoms with van der Waals surface area (Å²) in [7, 11) is 0. The lowest BCUT2D eigenvalue weighted by Gasteiger charge is -2.02. The minimum Gasteiger partial charge on any atom is -0.461 e. The van der Waals surface area contributed by atoms with E-state index in [1.807, 2.05) is 30.3 Å². The number of carbonyl (C=O) groups is 1. The molecule has 1 aliphatic carbocycles. The van der Waals surface area contributed by atoms with Gasteiger partial charge in [0.25, 0.3) is 0 Å². The van der Waals surface area contributed by atoms with Gasteiger partial charge in [-0.1, -0.05) is 30.3 Å². The Morgan fingerprint density at radius 2 is 1.89 bits per heavy atom. The van der Waals surface area contributed by atoms with Crippen molar-refractivity contribution in [3.05, 3.63) is 76.9 Å². The predicted molar refractivity (Wildman–Crippen MR) is 73.0 cm³/mol. The van der Waals surface area contributed by atoms with Crippen LogP contribution in [-0.4, -0.2) is 5.78 Å². The highest BCUT2D eigenvalue weighted by Gasteiger charge is 2.18. The number of Topliss-reactive ketones (excluding diaryl/α,β-unsaturated/α-hetero) is 1. The first-order valence-electron chi connectivity index (χ1n) is 6.42. The number of hydrogen-bond donors (Lipinski definition) is 0. The van der Waals surface area contributed by atoms with Gasteiger partial charge < -0.3 is 4.42 Å². The number of carbonyl (C=O) groups excluding carboxylic acids is 1. The van der Waals surface area contributed by atoms with Crippen molar-refractivity contribution in [3.8, 4) is 0 Å². The van der Waals surface area contributed by atoms with E-state index >= 15 is 0 Å². The Labute approximate surface area is 112 Å². The summed E-state index contributed by atoms with van der Waals surface area (Å²) in [5, 5.41) is 0. The highest BCUT2D eigenvalue weighted by molar-refractivity contribution is 6.06. The quantitative estimate of drug-likeness (QED) is 0.467. The molecule has 0 amide bonds. The highest BCUT2D eigenvalue weighted by atomic mass is 16.3. The first-order valence-corrected chi connectivity index (χ1v) is 6.42. The molecule has 0 bridgehead atoms. The van der Waals surface area contributed by atoms with Gasteiger partial charge >= 0.3 is 0 Å². The second kappa shape index (κ2) is 5.13. The van der Waals surface area contributed by atoms with E-state index < -0.39 is 0 Å². The predicted octanol–water partition coefficient (Wildman–Crippen LogP) is 3.95. The van der Waals surface area contributed by atoms with Crippen molar-refractivity contribution in [2.45, 2.75) is 19.3 Å². The number of hydrogen-bond acceptors (Lipinski definition) is 2. The van der Waals surface area contributed by atoms with Gasteiger partial charge in [0.05, 0.1) is 6.26 Å². The van der Waals surface area contributed by atoms with Gasteiger partial charge in [-0.15, -0.1) is 5.73 Å². The minimum atomic E-state index is -0.0618. The molecule has 1 aromatic carbocycles. The summed E-state index contributed by atoms with van der Waals surface area (Å²) in [6.45, 7) is 0. The molecule has 0 saturated heterocycles. The van der Waals surface area contributed by atoms with Gasteiger partial charge in [0, 0.05) is 12.0 Å². The maximum atomic E-state index is 12.4. The smallest absolute Gasteiger partial charge is 0.232 e. The van der Waals surface area contributed by atoms with Crippen LogP contribution in [-0.2, 0) is 6.42 Å². The van der Waals surface area contributed by atoms with Crippen molar-refractivity contribution in [1.29, 1.82) is 0 Å². The van der Waals surface area contributed by atoms with Crippen LogP contribution in [0, 0.1) is 0 Å². The lowest BCUT2D eigenvalue weighted by Crippen LogP contribution is -2.04. The minimum absolute atomic E-state index is 0.0618. The molecule has 94 valence electrons. The molecule has 2 aromatic rings. The van der Waals surface area contributed by atoms with Crippen LogP contribution >= 0.6 is 0 Å². The van der Waals surface area contributed by atoms with Gasteiger partial charge in [-0.2, -0.15) is 0 Å². The Morgan fingerprint density at radius 1 is 1.11 bits per heavy atom. The Morgan fingerprint density at radius 3 is 2.53 bits per heavy atom. The summed E-state index contributed by atoms with van der Waals surface area (Å²) in [5.41, 5.74) is 6.28. The van der Waals surface area contributed by atoms with E-state index in [2.05, 4.69) is 5.73 Å². The van der Waals surface area contributed by atoms with Crippen LogP contribution in [0.25, 0.3) is 0 Å². The normalized spacial score (nSPS) is 12.9. The number of furan rings is 1. The van der Waals surface area contributed by atoms with Gasteiger partial charge in [-0.25, -0.2) is 0 Å². The average Bonchev–Trinajstić information content (AvgIpc) is 3.08. The van der Waals surface area contributed by atoms with E-state index in [9.17, 15) is 4.79 Å². The molecule has 2 nitrogen and oxygen atoms in total. The molecule has 0 spiro atoms. The lowest BCUT2D eigenvalue weighted by atomic mass is 10.0. The zero-order valence-electron chi connectivity index (χ0n) is 10.6. The van der Waals surface area contributed by atoms with E-state index in [-0.39, 0.29) is 5.78 Å². The fraction of sp³-hybridized carbons (Fsp3) is 0.176. The number of benzene rings is 1. The van der Waals surface area contributed by atoms with Crippen molar-refractivity contribution in [3.63, 3.8) is 0 Å². The third-order valence-corrected chi connectivity index (χ3v) is 3.07. The summed E-state index contributed by atoms with van der Waals surface area (Å²) >= 11 is 0. The lowest BCUT2D eigenvalue weighted by molar-refractivity contribution is 0.100. The largest absolute Gasteiger partial charge is 0.461 e. The summed E-state index contributed by atoms with van der Waals surface area (Å²) in [6.07, 6.45) is 4.24. The van der Waals surface area contributed by atoms with Crippen LogP contribution < -0.4 is 0 Å². The summed E-state index contributed by atoms with van der Waals surface area (Å²) in [4.78, 5) is 12.4. The van der Waals surface area contributed by atoms with E-state index in [1.54, 1.807) is 12.1 Å². The molecule has 19 heavy (non-hydrogen) atoms. The Balaban J connectivity index is 1.92. The Hall–Kier alpha value is -2.31. The maximum Gasteiger partial charge on any atom is 0.232 e. The number of rotatable bonds is 4. The monoisotopic (exact) mass is 250 g/mol. The number of ketones is 1. The van der Waals surface area contributed by atoms with E-state index in [0.29, 0.717) is 17.8 Å². The topological polar surface area (TPSA) is 30.2 Å². The third kappa shape index (κ3) is 2.93. The van der Waals surface area contributed by atoms with E-state index in [1.165, 1.54) is 11.8 Å². The fourth-order valence-corrected chi connectivity index (χ4v) is 1.94. The molecular weight excluding hydrogens is 236 g/mol. The Kier molecular flexibility index (Phi) is 3.18. The summed E-state index contributed by atoms with van der Waals surface area (Å²) < 4.78 is 5.20. The first-order chi connectivity index (χ1) is 9.33. The van der Waals surface area contributed by atoms with Crippen molar-refractivity contribution in [1.82, 2.24) is 0 Å². The van der Waals surface area contributed by atoms with Crippen molar-refractivity contribution in [2.75, 3.05) is 0 Å². The SMILES string of the molecule is O=C(C(=C=C1CC1)Cc1ccccc1)c1ccco1. The van der Waals surface area contributed by atoms with Gasteiger partial charge in [-0.3, -0.25) is 4.79 Å². The third-order valence-electron chi connectivity index (χ3n) is 3.07. The molecule has 1 saturated carbocycles. The van der Waals surface area contributed by atoms with E-state index in [0.717, 1.165) is 18.4 Å². The molecule has 2 heteroatoms. The molecule has 1 aliphatic rings. The van der Waals surface area contributed by atoms with Crippen LogP contribution in [0.15, 0.2) is 70.0 Å². The summed E-state index contributed by atoms with van der Waals surface area (Å²) in [5.74, 6) is 0.327. The van der Waals surface area contributed by atoms with Gasteiger partial charge in [0.2, 0.25) is 5.78 Å². The second-order valence-electron chi connectivity index (χ2n) is 4.68. The molecule has 1 heterocycles. The van der Waals surface area contributed by atoms with Gasteiger partial charge in [0.15, 0.2) is 5.76 Å². The number of allylic oxidation sites excluding steroid dienone is 1. The molecule has 3 rings (SSSR count).